The SMILES string of the molecule is CCCCCC(=O)OC1CC(O)CC(OC(=O)C2CCN(C)CC2)C1. The van der Waals surface area contributed by atoms with Crippen LogP contribution in [-0.4, -0.2) is 60.4 Å². The number of carbonyl (C=O) groups excluding carboxylic acids is 2. The summed E-state index contributed by atoms with van der Waals surface area (Å²) in [5.41, 5.74) is 0. The van der Waals surface area contributed by atoms with Gasteiger partial charge in [0.25, 0.3) is 0 Å². The maximum atomic E-state index is 12.4. The third kappa shape index (κ3) is 6.94. The van der Waals surface area contributed by atoms with E-state index in [0.717, 1.165) is 45.2 Å². The molecule has 1 saturated heterocycles. The van der Waals surface area contributed by atoms with E-state index in [9.17, 15) is 14.7 Å². The van der Waals surface area contributed by atoms with Crippen molar-refractivity contribution >= 4 is 11.9 Å². The first kappa shape index (κ1) is 20.2. The molecule has 3 unspecified atom stereocenters. The smallest absolute Gasteiger partial charge is 0.309 e. The molecule has 0 aromatic heterocycles. The first-order valence-corrected chi connectivity index (χ1v) is 9.74. The van der Waals surface area contributed by atoms with Crippen molar-refractivity contribution in [1.82, 2.24) is 4.90 Å². The van der Waals surface area contributed by atoms with Crippen LogP contribution in [0.5, 0.6) is 0 Å². The summed E-state index contributed by atoms with van der Waals surface area (Å²) >= 11 is 0. The average Bonchev–Trinajstić information content (AvgIpc) is 2.55. The predicted octanol–water partition coefficient (Wildman–Crippen LogP) is 2.28. The molecule has 1 N–H and O–H groups in total. The van der Waals surface area contributed by atoms with Gasteiger partial charge < -0.3 is 19.5 Å². The van der Waals surface area contributed by atoms with Gasteiger partial charge in [-0.25, -0.2) is 0 Å². The second kappa shape index (κ2) is 10.1. The van der Waals surface area contributed by atoms with Crippen LogP contribution in [0.3, 0.4) is 0 Å². The number of piperidine rings is 1. The standard InChI is InChI=1S/C19H33NO5/c1-3-4-5-6-18(22)24-16-11-15(21)12-17(13-16)25-19(23)14-7-9-20(2)10-8-14/h14-17,21H,3-13H2,1-2H3. The molecule has 0 amide bonds. The monoisotopic (exact) mass is 355 g/mol. The number of aliphatic hydroxyl groups excluding tert-OH is 1. The molecule has 0 radical (unpaired) electrons. The lowest BCUT2D eigenvalue weighted by Crippen LogP contribution is -2.40. The number of hydrogen-bond acceptors (Lipinski definition) is 6. The first-order chi connectivity index (χ1) is 12.0. The minimum Gasteiger partial charge on any atom is -0.462 e. The van der Waals surface area contributed by atoms with Crippen LogP contribution in [0.4, 0.5) is 0 Å². The van der Waals surface area contributed by atoms with Gasteiger partial charge in [-0.3, -0.25) is 9.59 Å². The van der Waals surface area contributed by atoms with Crippen molar-refractivity contribution in [2.45, 2.75) is 83.0 Å². The van der Waals surface area contributed by atoms with Gasteiger partial charge in [0.2, 0.25) is 0 Å². The van der Waals surface area contributed by atoms with Gasteiger partial charge in [-0.15, -0.1) is 0 Å². The Labute approximate surface area is 150 Å². The highest BCUT2D eigenvalue weighted by Crippen LogP contribution is 2.27. The van der Waals surface area contributed by atoms with Gasteiger partial charge >= 0.3 is 11.9 Å². The number of carbonyl (C=O) groups is 2. The van der Waals surface area contributed by atoms with Crippen molar-refractivity contribution in [3.05, 3.63) is 0 Å². The lowest BCUT2D eigenvalue weighted by Gasteiger charge is -2.33. The van der Waals surface area contributed by atoms with Crippen LogP contribution in [0.15, 0.2) is 0 Å². The number of rotatable bonds is 7. The molecule has 6 heteroatoms. The Balaban J connectivity index is 1.77. The Kier molecular flexibility index (Phi) is 8.16. The third-order valence-electron chi connectivity index (χ3n) is 5.21. The summed E-state index contributed by atoms with van der Waals surface area (Å²) in [5, 5.41) is 10.0. The molecule has 25 heavy (non-hydrogen) atoms. The number of likely N-dealkylation sites (tertiary alicyclic amines) is 1. The Morgan fingerprint density at radius 1 is 1.04 bits per heavy atom. The van der Waals surface area contributed by atoms with Gasteiger partial charge in [0.1, 0.15) is 12.2 Å². The summed E-state index contributed by atoms with van der Waals surface area (Å²) in [7, 11) is 2.05. The molecule has 0 spiro atoms. The largest absolute Gasteiger partial charge is 0.462 e. The molecule has 1 saturated carbocycles. The maximum absolute atomic E-state index is 12.4. The summed E-state index contributed by atoms with van der Waals surface area (Å²) in [5.74, 6) is -0.432. The molecule has 144 valence electrons. The molecule has 2 rings (SSSR count). The van der Waals surface area contributed by atoms with Crippen LogP contribution in [0, 0.1) is 5.92 Å². The maximum Gasteiger partial charge on any atom is 0.309 e. The highest BCUT2D eigenvalue weighted by atomic mass is 16.6. The molecule has 2 aliphatic rings. The number of ether oxygens (including phenoxy) is 2. The number of aliphatic hydroxyl groups is 1. The molecule has 1 heterocycles. The van der Waals surface area contributed by atoms with E-state index in [1.54, 1.807) is 0 Å². The fourth-order valence-electron chi connectivity index (χ4n) is 3.65. The van der Waals surface area contributed by atoms with E-state index in [1.165, 1.54) is 0 Å². The van der Waals surface area contributed by atoms with E-state index in [1.807, 2.05) is 0 Å². The molecular formula is C19H33NO5. The van der Waals surface area contributed by atoms with Crippen molar-refractivity contribution in [3.8, 4) is 0 Å². The van der Waals surface area contributed by atoms with E-state index in [2.05, 4.69) is 18.9 Å². The van der Waals surface area contributed by atoms with Crippen LogP contribution in [0.2, 0.25) is 0 Å². The lowest BCUT2D eigenvalue weighted by atomic mass is 9.91. The number of hydrogen-bond donors (Lipinski definition) is 1. The quantitative estimate of drug-likeness (QED) is 0.558. The second-order valence-electron chi connectivity index (χ2n) is 7.57. The summed E-state index contributed by atoms with van der Waals surface area (Å²) in [6, 6.07) is 0. The summed E-state index contributed by atoms with van der Waals surface area (Å²) < 4.78 is 11.1. The Bertz CT molecular complexity index is 434. The van der Waals surface area contributed by atoms with Gasteiger partial charge in [0.15, 0.2) is 0 Å². The van der Waals surface area contributed by atoms with Crippen LogP contribution in [-0.2, 0) is 19.1 Å². The number of nitrogens with zero attached hydrogens (tertiary/aromatic N) is 1. The van der Waals surface area contributed by atoms with E-state index in [4.69, 9.17) is 9.47 Å². The Hall–Kier alpha value is -1.14. The predicted molar refractivity (Wildman–Crippen MR) is 94.0 cm³/mol. The van der Waals surface area contributed by atoms with E-state index in [-0.39, 0.29) is 30.1 Å². The highest BCUT2D eigenvalue weighted by Gasteiger charge is 2.34. The van der Waals surface area contributed by atoms with Crippen molar-refractivity contribution < 1.29 is 24.2 Å². The van der Waals surface area contributed by atoms with Gasteiger partial charge in [0.05, 0.1) is 12.0 Å². The molecule has 2 fully saturated rings. The molecular weight excluding hydrogens is 322 g/mol. The number of unbranched alkanes of at least 4 members (excludes halogenated alkanes) is 2. The molecule has 1 aliphatic carbocycles. The Morgan fingerprint density at radius 3 is 2.32 bits per heavy atom. The van der Waals surface area contributed by atoms with Gasteiger partial charge in [-0.2, -0.15) is 0 Å². The summed E-state index contributed by atoms with van der Waals surface area (Å²) in [4.78, 5) is 26.4. The van der Waals surface area contributed by atoms with Crippen molar-refractivity contribution in [3.63, 3.8) is 0 Å². The minimum absolute atomic E-state index is 0.0506. The van der Waals surface area contributed by atoms with Crippen molar-refractivity contribution in [1.29, 1.82) is 0 Å². The van der Waals surface area contributed by atoms with Crippen LogP contribution >= 0.6 is 0 Å². The molecule has 6 nitrogen and oxygen atoms in total. The van der Waals surface area contributed by atoms with E-state index < -0.39 is 6.10 Å². The fourth-order valence-corrected chi connectivity index (χ4v) is 3.65. The zero-order valence-electron chi connectivity index (χ0n) is 15.6. The zero-order valence-corrected chi connectivity index (χ0v) is 15.6. The second-order valence-corrected chi connectivity index (χ2v) is 7.57. The van der Waals surface area contributed by atoms with E-state index in [0.29, 0.717) is 25.7 Å². The molecule has 1 aliphatic heterocycles. The van der Waals surface area contributed by atoms with Gasteiger partial charge in [-0.1, -0.05) is 19.8 Å². The average molecular weight is 355 g/mol. The first-order valence-electron chi connectivity index (χ1n) is 9.74. The summed E-state index contributed by atoms with van der Waals surface area (Å²) in [6.45, 7) is 3.90. The minimum atomic E-state index is -0.586. The van der Waals surface area contributed by atoms with Gasteiger partial charge in [0, 0.05) is 25.7 Å². The topological polar surface area (TPSA) is 76.1 Å². The normalized spacial score (nSPS) is 28.5. The Morgan fingerprint density at radius 2 is 1.68 bits per heavy atom. The van der Waals surface area contributed by atoms with Crippen LogP contribution in [0.1, 0.15) is 64.7 Å². The molecule has 0 bridgehead atoms. The molecule has 0 aromatic rings. The van der Waals surface area contributed by atoms with Crippen LogP contribution in [0.25, 0.3) is 0 Å². The van der Waals surface area contributed by atoms with Crippen LogP contribution < -0.4 is 0 Å². The number of esters is 2. The molecule has 3 atom stereocenters. The zero-order chi connectivity index (χ0) is 18.2. The lowest BCUT2D eigenvalue weighted by molar-refractivity contribution is -0.166. The van der Waals surface area contributed by atoms with Gasteiger partial charge in [-0.05, 0) is 39.4 Å². The van der Waals surface area contributed by atoms with Crippen molar-refractivity contribution in [2.24, 2.45) is 5.92 Å². The van der Waals surface area contributed by atoms with Crippen molar-refractivity contribution in [2.75, 3.05) is 20.1 Å². The highest BCUT2D eigenvalue weighted by molar-refractivity contribution is 5.72. The fraction of sp³-hybridized carbons (Fsp3) is 0.895. The third-order valence-corrected chi connectivity index (χ3v) is 5.21. The molecule has 0 aromatic carbocycles. The summed E-state index contributed by atoms with van der Waals surface area (Å²) in [6.07, 6.45) is 5.03. The van der Waals surface area contributed by atoms with E-state index >= 15 is 0 Å².